The third kappa shape index (κ3) is 4.30. The van der Waals surface area contributed by atoms with Gasteiger partial charge in [0.15, 0.2) is 0 Å². The van der Waals surface area contributed by atoms with Crippen LogP contribution in [0.25, 0.3) is 0 Å². The Morgan fingerprint density at radius 1 is 1.24 bits per heavy atom. The molecule has 17 heavy (non-hydrogen) atoms. The molecule has 0 aliphatic heterocycles. The molecular weight excluding hydrogens is 212 g/mol. The van der Waals surface area contributed by atoms with E-state index in [9.17, 15) is 4.79 Å². The monoisotopic (exact) mass is 240 g/mol. The highest BCUT2D eigenvalue weighted by atomic mass is 16.2. The van der Waals surface area contributed by atoms with E-state index in [2.05, 4.69) is 19.2 Å². The van der Waals surface area contributed by atoms with Gasteiger partial charge in [-0.3, -0.25) is 4.79 Å². The van der Waals surface area contributed by atoms with Crippen molar-refractivity contribution in [3.63, 3.8) is 0 Å². The van der Waals surface area contributed by atoms with E-state index in [1.54, 1.807) is 0 Å². The van der Waals surface area contributed by atoms with E-state index in [-0.39, 0.29) is 5.91 Å². The Morgan fingerprint density at radius 2 is 1.88 bits per heavy atom. The molecule has 1 fully saturated rings. The molecule has 3 heteroatoms. The number of carbonyl (C=O) groups excluding carboxylic acids is 1. The van der Waals surface area contributed by atoms with E-state index in [0.717, 1.165) is 19.0 Å². The summed E-state index contributed by atoms with van der Waals surface area (Å²) in [6.07, 6.45) is 3.80. The van der Waals surface area contributed by atoms with Crippen molar-refractivity contribution < 1.29 is 4.79 Å². The predicted molar refractivity (Wildman–Crippen MR) is 71.9 cm³/mol. The summed E-state index contributed by atoms with van der Waals surface area (Å²) >= 11 is 0. The van der Waals surface area contributed by atoms with Gasteiger partial charge in [0.1, 0.15) is 0 Å². The fraction of sp³-hybridized carbons (Fsp3) is 0.929. The van der Waals surface area contributed by atoms with E-state index in [0.29, 0.717) is 18.5 Å². The first kappa shape index (κ1) is 14.5. The highest BCUT2D eigenvalue weighted by molar-refractivity contribution is 5.78. The van der Waals surface area contributed by atoms with Crippen molar-refractivity contribution >= 4 is 5.91 Å². The molecule has 0 aromatic heterocycles. The molecule has 3 nitrogen and oxygen atoms in total. The molecule has 0 saturated heterocycles. The highest BCUT2D eigenvalue weighted by Gasteiger charge is 2.25. The maximum atomic E-state index is 11.9. The van der Waals surface area contributed by atoms with Crippen LogP contribution in [0.3, 0.4) is 0 Å². The van der Waals surface area contributed by atoms with E-state index in [1.807, 2.05) is 18.7 Å². The molecule has 3 unspecified atom stereocenters. The normalized spacial score (nSPS) is 29.1. The van der Waals surface area contributed by atoms with Gasteiger partial charge in [0, 0.05) is 19.1 Å². The van der Waals surface area contributed by atoms with Gasteiger partial charge in [-0.2, -0.15) is 0 Å². The Bertz CT molecular complexity index is 238. The zero-order valence-electron chi connectivity index (χ0n) is 11.8. The molecule has 0 bridgehead atoms. The molecule has 0 radical (unpaired) electrons. The first-order chi connectivity index (χ1) is 8.08. The quantitative estimate of drug-likeness (QED) is 0.799. The lowest BCUT2D eigenvalue weighted by Gasteiger charge is -2.33. The standard InChI is InChI=1S/C14H28N2O/c1-5-16(6-2)14(17)10-15-13-8-7-11(3)9-12(13)4/h11-13,15H,5-10H2,1-4H3. The topological polar surface area (TPSA) is 32.3 Å². The second kappa shape index (κ2) is 7.00. The van der Waals surface area contributed by atoms with Crippen molar-refractivity contribution in [2.24, 2.45) is 11.8 Å². The zero-order valence-corrected chi connectivity index (χ0v) is 11.8. The zero-order chi connectivity index (χ0) is 12.8. The van der Waals surface area contributed by atoms with Crippen molar-refractivity contribution in [3.8, 4) is 0 Å². The van der Waals surface area contributed by atoms with Gasteiger partial charge in [-0.25, -0.2) is 0 Å². The molecule has 0 aromatic carbocycles. The van der Waals surface area contributed by atoms with Crippen molar-refractivity contribution in [3.05, 3.63) is 0 Å². The van der Waals surface area contributed by atoms with Crippen LogP contribution in [0.15, 0.2) is 0 Å². The Balaban J connectivity index is 2.32. The van der Waals surface area contributed by atoms with Crippen LogP contribution in [0.1, 0.15) is 47.0 Å². The highest BCUT2D eigenvalue weighted by Crippen LogP contribution is 2.28. The maximum Gasteiger partial charge on any atom is 0.236 e. The van der Waals surface area contributed by atoms with Gasteiger partial charge in [0.25, 0.3) is 0 Å². The molecule has 1 saturated carbocycles. The Morgan fingerprint density at radius 3 is 2.41 bits per heavy atom. The maximum absolute atomic E-state index is 11.9. The summed E-state index contributed by atoms with van der Waals surface area (Å²) in [7, 11) is 0. The molecule has 1 N–H and O–H groups in total. The van der Waals surface area contributed by atoms with Gasteiger partial charge < -0.3 is 10.2 Å². The minimum atomic E-state index is 0.237. The second-order valence-electron chi connectivity index (χ2n) is 5.45. The molecular formula is C14H28N2O. The molecule has 1 aliphatic carbocycles. The summed E-state index contributed by atoms with van der Waals surface area (Å²) in [5.41, 5.74) is 0. The third-order valence-corrected chi connectivity index (χ3v) is 4.06. The van der Waals surface area contributed by atoms with Crippen LogP contribution >= 0.6 is 0 Å². The van der Waals surface area contributed by atoms with E-state index < -0.39 is 0 Å². The lowest BCUT2D eigenvalue weighted by atomic mass is 9.80. The Hall–Kier alpha value is -0.570. The molecule has 1 amide bonds. The first-order valence-corrected chi connectivity index (χ1v) is 7.09. The van der Waals surface area contributed by atoms with E-state index >= 15 is 0 Å². The fourth-order valence-corrected chi connectivity index (χ4v) is 2.88. The lowest BCUT2D eigenvalue weighted by Crippen LogP contribution is -2.45. The second-order valence-corrected chi connectivity index (χ2v) is 5.45. The Labute approximate surface area is 106 Å². The third-order valence-electron chi connectivity index (χ3n) is 4.06. The van der Waals surface area contributed by atoms with Crippen LogP contribution in [-0.2, 0) is 4.79 Å². The first-order valence-electron chi connectivity index (χ1n) is 7.09. The summed E-state index contributed by atoms with van der Waals surface area (Å²) in [6, 6.07) is 0.533. The van der Waals surface area contributed by atoms with Gasteiger partial charge >= 0.3 is 0 Å². The summed E-state index contributed by atoms with van der Waals surface area (Å²) in [4.78, 5) is 13.8. The van der Waals surface area contributed by atoms with Crippen LogP contribution in [0, 0.1) is 11.8 Å². The van der Waals surface area contributed by atoms with E-state index in [1.165, 1.54) is 19.3 Å². The number of likely N-dealkylation sites (N-methyl/N-ethyl adjacent to an activating group) is 1. The van der Waals surface area contributed by atoms with Gasteiger partial charge in [-0.05, 0) is 44.9 Å². The SMILES string of the molecule is CCN(CC)C(=O)CNC1CCC(C)CC1C. The van der Waals surface area contributed by atoms with Crippen LogP contribution in [-0.4, -0.2) is 36.5 Å². The lowest BCUT2D eigenvalue weighted by molar-refractivity contribution is -0.130. The average molecular weight is 240 g/mol. The van der Waals surface area contributed by atoms with Crippen molar-refractivity contribution in [1.29, 1.82) is 0 Å². The summed E-state index contributed by atoms with van der Waals surface area (Å²) in [6.45, 7) is 10.8. The molecule has 100 valence electrons. The van der Waals surface area contributed by atoms with Gasteiger partial charge in [-0.1, -0.05) is 13.8 Å². The summed E-state index contributed by atoms with van der Waals surface area (Å²) in [5.74, 6) is 1.78. The molecule has 0 aromatic rings. The van der Waals surface area contributed by atoms with Crippen LogP contribution in [0.2, 0.25) is 0 Å². The predicted octanol–water partition coefficient (Wildman–Crippen LogP) is 2.27. The number of nitrogens with one attached hydrogen (secondary N) is 1. The van der Waals surface area contributed by atoms with Crippen LogP contribution < -0.4 is 5.32 Å². The van der Waals surface area contributed by atoms with Gasteiger partial charge in [-0.15, -0.1) is 0 Å². The largest absolute Gasteiger partial charge is 0.342 e. The molecule has 0 heterocycles. The number of hydrogen-bond acceptors (Lipinski definition) is 2. The minimum Gasteiger partial charge on any atom is -0.342 e. The molecule has 1 aliphatic rings. The van der Waals surface area contributed by atoms with Crippen LogP contribution in [0.4, 0.5) is 0 Å². The minimum absolute atomic E-state index is 0.237. The summed E-state index contributed by atoms with van der Waals surface area (Å²) in [5, 5.41) is 3.45. The fourth-order valence-electron chi connectivity index (χ4n) is 2.88. The number of nitrogens with zero attached hydrogens (tertiary/aromatic N) is 1. The number of rotatable bonds is 5. The van der Waals surface area contributed by atoms with Crippen LogP contribution in [0.5, 0.6) is 0 Å². The number of carbonyl (C=O) groups is 1. The van der Waals surface area contributed by atoms with Gasteiger partial charge in [0.2, 0.25) is 5.91 Å². The smallest absolute Gasteiger partial charge is 0.236 e. The van der Waals surface area contributed by atoms with Crippen molar-refractivity contribution in [2.75, 3.05) is 19.6 Å². The summed E-state index contributed by atoms with van der Waals surface area (Å²) < 4.78 is 0. The average Bonchev–Trinajstić information content (AvgIpc) is 2.29. The Kier molecular flexibility index (Phi) is 5.96. The molecule has 1 rings (SSSR count). The van der Waals surface area contributed by atoms with Gasteiger partial charge in [0.05, 0.1) is 6.54 Å². The van der Waals surface area contributed by atoms with E-state index in [4.69, 9.17) is 0 Å². The number of amides is 1. The molecule has 0 spiro atoms. The van der Waals surface area contributed by atoms with Crippen molar-refractivity contribution in [1.82, 2.24) is 10.2 Å². The van der Waals surface area contributed by atoms with Crippen molar-refractivity contribution in [2.45, 2.75) is 53.0 Å². The molecule has 3 atom stereocenters. The number of hydrogen-bond donors (Lipinski definition) is 1.